The third-order valence-corrected chi connectivity index (χ3v) is 6.41. The van der Waals surface area contributed by atoms with Crippen molar-refractivity contribution in [1.82, 2.24) is 9.88 Å². The molecule has 1 amide bonds. The van der Waals surface area contributed by atoms with Crippen molar-refractivity contribution in [2.45, 2.75) is 38.6 Å². The lowest BCUT2D eigenvalue weighted by molar-refractivity contribution is -0.161. The minimum atomic E-state index is -0.744. The molecular weight excluding hydrogens is 402 g/mol. The molecule has 1 saturated heterocycles. The Morgan fingerprint density at radius 3 is 2.69 bits per heavy atom. The summed E-state index contributed by atoms with van der Waals surface area (Å²) in [7, 11) is 0. The number of carbonyl (C=O) groups is 2. The van der Waals surface area contributed by atoms with E-state index in [1.165, 1.54) is 0 Å². The fourth-order valence-corrected chi connectivity index (χ4v) is 4.83. The van der Waals surface area contributed by atoms with Gasteiger partial charge in [0.05, 0.1) is 18.1 Å². The Labute approximate surface area is 188 Å². The molecule has 1 aliphatic rings. The van der Waals surface area contributed by atoms with E-state index in [0.717, 1.165) is 28.5 Å². The zero-order chi connectivity index (χ0) is 22.6. The Morgan fingerprint density at radius 2 is 1.91 bits per heavy atom. The second kappa shape index (κ2) is 9.57. The lowest BCUT2D eigenvalue weighted by Gasteiger charge is -2.41. The normalized spacial score (nSPS) is 19.6. The number of nitrogens with one attached hydrogen (secondary N) is 1. The molecule has 0 spiro atoms. The molecule has 1 aliphatic heterocycles. The lowest BCUT2D eigenvalue weighted by Crippen LogP contribution is -2.55. The van der Waals surface area contributed by atoms with E-state index in [1.807, 2.05) is 67.7 Å². The van der Waals surface area contributed by atoms with Crippen LogP contribution in [0.5, 0.6) is 0 Å². The minimum Gasteiger partial charge on any atom is -0.466 e. The summed E-state index contributed by atoms with van der Waals surface area (Å²) in [6, 6.07) is 17.3. The number of amides is 1. The number of fused-ring (bicyclic) bond motifs is 1. The summed E-state index contributed by atoms with van der Waals surface area (Å²) in [5, 5.41) is 1.08. The number of aromatic amines is 1. The number of likely N-dealkylation sites (tertiary alicyclic amines) is 1. The molecule has 2 heterocycles. The summed E-state index contributed by atoms with van der Waals surface area (Å²) in [4.78, 5) is 31.4. The maximum Gasteiger partial charge on any atom is 0.314 e. The number of esters is 1. The highest BCUT2D eigenvalue weighted by molar-refractivity contribution is 5.87. The molecule has 6 heteroatoms. The molecule has 0 radical (unpaired) electrons. The number of nitrogens with two attached hydrogens (primary N) is 1. The third-order valence-electron chi connectivity index (χ3n) is 6.41. The Balaban J connectivity index is 1.52. The lowest BCUT2D eigenvalue weighted by atomic mass is 9.75. The highest BCUT2D eigenvalue weighted by Crippen LogP contribution is 2.35. The number of para-hydroxylation sites is 1. The predicted octanol–water partition coefficient (Wildman–Crippen LogP) is 3.45. The Hall–Kier alpha value is -3.12. The largest absolute Gasteiger partial charge is 0.466 e. The van der Waals surface area contributed by atoms with Crippen molar-refractivity contribution in [3.05, 3.63) is 71.9 Å². The van der Waals surface area contributed by atoms with Crippen LogP contribution >= 0.6 is 0 Å². The van der Waals surface area contributed by atoms with E-state index in [9.17, 15) is 9.59 Å². The average Bonchev–Trinajstić information content (AvgIpc) is 3.22. The van der Waals surface area contributed by atoms with Crippen LogP contribution in [0.4, 0.5) is 0 Å². The first kappa shape index (κ1) is 22.1. The van der Waals surface area contributed by atoms with Crippen LogP contribution < -0.4 is 5.73 Å². The van der Waals surface area contributed by atoms with Crippen LogP contribution in [-0.4, -0.2) is 47.5 Å². The molecule has 0 bridgehead atoms. The highest BCUT2D eigenvalue weighted by atomic mass is 16.5. The van der Waals surface area contributed by atoms with Gasteiger partial charge in [0.25, 0.3) is 0 Å². The monoisotopic (exact) mass is 433 g/mol. The summed E-state index contributed by atoms with van der Waals surface area (Å²) in [5.41, 5.74) is 8.77. The van der Waals surface area contributed by atoms with Gasteiger partial charge in [-0.2, -0.15) is 0 Å². The first-order valence-electron chi connectivity index (χ1n) is 11.3. The molecule has 32 heavy (non-hydrogen) atoms. The second-order valence-corrected chi connectivity index (χ2v) is 8.70. The summed E-state index contributed by atoms with van der Waals surface area (Å²) in [6.07, 6.45) is 4.37. The summed E-state index contributed by atoms with van der Waals surface area (Å²) in [6.45, 7) is 3.08. The van der Waals surface area contributed by atoms with Crippen molar-refractivity contribution < 1.29 is 14.3 Å². The molecule has 4 rings (SSSR count). The van der Waals surface area contributed by atoms with Gasteiger partial charge in [0, 0.05) is 30.2 Å². The number of piperidine rings is 1. The van der Waals surface area contributed by atoms with Crippen LogP contribution in [0.25, 0.3) is 10.9 Å². The number of aromatic nitrogens is 1. The molecule has 0 saturated carbocycles. The van der Waals surface area contributed by atoms with Gasteiger partial charge in [-0.1, -0.05) is 48.5 Å². The highest BCUT2D eigenvalue weighted by Gasteiger charge is 2.45. The second-order valence-electron chi connectivity index (χ2n) is 8.70. The van der Waals surface area contributed by atoms with Crippen LogP contribution in [0.1, 0.15) is 30.9 Å². The average molecular weight is 434 g/mol. The molecule has 1 aromatic heterocycles. The van der Waals surface area contributed by atoms with Crippen molar-refractivity contribution in [1.29, 1.82) is 0 Å². The third kappa shape index (κ3) is 4.55. The van der Waals surface area contributed by atoms with Crippen LogP contribution in [0.3, 0.4) is 0 Å². The van der Waals surface area contributed by atoms with Gasteiger partial charge in [0.2, 0.25) is 5.91 Å². The quantitative estimate of drug-likeness (QED) is 0.559. The summed E-state index contributed by atoms with van der Waals surface area (Å²) < 4.78 is 5.47. The summed E-state index contributed by atoms with van der Waals surface area (Å²) >= 11 is 0. The number of rotatable bonds is 7. The first-order valence-corrected chi connectivity index (χ1v) is 11.3. The first-order chi connectivity index (χ1) is 15.5. The van der Waals surface area contributed by atoms with Gasteiger partial charge in [-0.25, -0.2) is 0 Å². The molecule has 1 fully saturated rings. The van der Waals surface area contributed by atoms with Crippen molar-refractivity contribution in [2.24, 2.45) is 11.1 Å². The van der Waals surface area contributed by atoms with E-state index in [4.69, 9.17) is 10.5 Å². The Morgan fingerprint density at radius 1 is 1.16 bits per heavy atom. The van der Waals surface area contributed by atoms with Gasteiger partial charge in [-0.3, -0.25) is 9.59 Å². The van der Waals surface area contributed by atoms with Crippen LogP contribution in [0.2, 0.25) is 0 Å². The number of hydrogen-bond acceptors (Lipinski definition) is 4. The van der Waals surface area contributed by atoms with Gasteiger partial charge in [0.15, 0.2) is 0 Å². The number of carbonyl (C=O) groups excluding carboxylic acids is 2. The number of H-pyrrole nitrogens is 1. The topological polar surface area (TPSA) is 88.4 Å². The van der Waals surface area contributed by atoms with E-state index < -0.39 is 11.5 Å². The Kier molecular flexibility index (Phi) is 6.61. The number of ether oxygens (including phenoxy) is 1. The SMILES string of the molecule is CCOC(=O)[C@]1(Cc2ccccc2)CCCN(C(=O)[C@H](N)Cc2c[nH]c3ccccc23)C1. The van der Waals surface area contributed by atoms with Crippen molar-refractivity contribution >= 4 is 22.8 Å². The van der Waals surface area contributed by atoms with Crippen LogP contribution in [-0.2, 0) is 27.2 Å². The van der Waals surface area contributed by atoms with Gasteiger partial charge in [0.1, 0.15) is 0 Å². The van der Waals surface area contributed by atoms with Crippen LogP contribution in [0, 0.1) is 5.41 Å². The molecule has 168 valence electrons. The van der Waals surface area contributed by atoms with E-state index in [-0.39, 0.29) is 11.9 Å². The Bertz CT molecular complexity index is 1080. The molecule has 2 aromatic carbocycles. The maximum atomic E-state index is 13.3. The number of benzene rings is 2. The van der Waals surface area contributed by atoms with Gasteiger partial charge in [-0.15, -0.1) is 0 Å². The molecule has 6 nitrogen and oxygen atoms in total. The molecule has 3 N–H and O–H groups in total. The fraction of sp³-hybridized carbons (Fsp3) is 0.385. The smallest absolute Gasteiger partial charge is 0.314 e. The van der Waals surface area contributed by atoms with Crippen molar-refractivity contribution in [3.8, 4) is 0 Å². The van der Waals surface area contributed by atoms with Gasteiger partial charge >= 0.3 is 5.97 Å². The zero-order valence-electron chi connectivity index (χ0n) is 18.5. The number of hydrogen-bond donors (Lipinski definition) is 2. The standard InChI is InChI=1S/C26H31N3O3/c1-2-32-25(31)26(16-19-9-4-3-5-10-19)13-8-14-29(18-26)24(30)22(27)15-20-17-28-23-12-7-6-11-21(20)23/h3-7,9-12,17,22,28H,2,8,13-16,18,27H2,1H3/t22-,26+/m1/s1. The van der Waals surface area contributed by atoms with Gasteiger partial charge < -0.3 is 20.4 Å². The molecule has 2 atom stereocenters. The van der Waals surface area contributed by atoms with Gasteiger partial charge in [-0.05, 0) is 49.8 Å². The minimum absolute atomic E-state index is 0.114. The fourth-order valence-electron chi connectivity index (χ4n) is 4.83. The van der Waals surface area contributed by atoms with E-state index in [2.05, 4.69) is 4.98 Å². The van der Waals surface area contributed by atoms with Crippen LogP contribution in [0.15, 0.2) is 60.8 Å². The van der Waals surface area contributed by atoms with E-state index in [1.54, 1.807) is 4.90 Å². The molecular formula is C26H31N3O3. The summed E-state index contributed by atoms with van der Waals surface area (Å²) in [5.74, 6) is -0.344. The molecule has 0 unspecified atom stereocenters. The van der Waals surface area contributed by atoms with E-state index >= 15 is 0 Å². The van der Waals surface area contributed by atoms with Crippen molar-refractivity contribution in [3.63, 3.8) is 0 Å². The van der Waals surface area contributed by atoms with E-state index in [0.29, 0.717) is 39.0 Å². The van der Waals surface area contributed by atoms with Crippen molar-refractivity contribution in [2.75, 3.05) is 19.7 Å². The number of nitrogens with zero attached hydrogens (tertiary/aromatic N) is 1. The molecule has 3 aromatic rings. The zero-order valence-corrected chi connectivity index (χ0v) is 18.5. The molecule has 0 aliphatic carbocycles. The maximum absolute atomic E-state index is 13.3. The predicted molar refractivity (Wildman–Crippen MR) is 125 cm³/mol.